The Balaban J connectivity index is 2.63. The van der Waals surface area contributed by atoms with E-state index in [9.17, 15) is 9.59 Å². The Morgan fingerprint density at radius 1 is 1.56 bits per heavy atom. The molecule has 2 atom stereocenters. The van der Waals surface area contributed by atoms with E-state index in [1.807, 2.05) is 13.8 Å². The van der Waals surface area contributed by atoms with Gasteiger partial charge in [0, 0.05) is 12.6 Å². The fourth-order valence-corrected chi connectivity index (χ4v) is 1.82. The smallest absolute Gasteiger partial charge is 0.326 e. The molecule has 2 N–H and O–H groups in total. The molecule has 102 valence electrons. The van der Waals surface area contributed by atoms with Gasteiger partial charge in [-0.05, 0) is 18.8 Å². The zero-order chi connectivity index (χ0) is 13.7. The van der Waals surface area contributed by atoms with Gasteiger partial charge in [-0.2, -0.15) is 0 Å². The van der Waals surface area contributed by atoms with E-state index in [-0.39, 0.29) is 18.0 Å². The number of carbonyl (C=O) groups excluding carboxylic acids is 1. The van der Waals surface area contributed by atoms with Gasteiger partial charge in [-0.3, -0.25) is 0 Å². The Bertz CT molecular complexity index is 326. The lowest BCUT2D eigenvalue weighted by Gasteiger charge is -2.26. The minimum Gasteiger partial charge on any atom is -0.480 e. The van der Waals surface area contributed by atoms with Crippen molar-refractivity contribution in [1.29, 1.82) is 0 Å². The van der Waals surface area contributed by atoms with Crippen LogP contribution < -0.4 is 5.32 Å². The maximum atomic E-state index is 12.1. The topological polar surface area (TPSA) is 69.6 Å². The fourth-order valence-electron chi connectivity index (χ4n) is 1.82. The Kier molecular flexibility index (Phi) is 5.19. The fraction of sp³-hybridized carbons (Fsp3) is 0.692. The van der Waals surface area contributed by atoms with E-state index in [1.54, 1.807) is 11.0 Å². The van der Waals surface area contributed by atoms with Crippen LogP contribution in [0.25, 0.3) is 0 Å². The van der Waals surface area contributed by atoms with E-state index in [4.69, 9.17) is 5.11 Å². The molecule has 1 fully saturated rings. The summed E-state index contributed by atoms with van der Waals surface area (Å²) in [6, 6.07) is -0.881. The first-order chi connectivity index (χ1) is 8.51. The van der Waals surface area contributed by atoms with E-state index in [1.165, 1.54) is 0 Å². The molecule has 1 aliphatic rings. The summed E-state index contributed by atoms with van der Waals surface area (Å²) in [6.07, 6.45) is 4.35. The number of carboxylic acids is 1. The Hall–Kier alpha value is -1.52. The first kappa shape index (κ1) is 14.5. The summed E-state index contributed by atoms with van der Waals surface area (Å²) in [5.74, 6) is -1.07. The van der Waals surface area contributed by atoms with Crippen molar-refractivity contribution in [1.82, 2.24) is 10.2 Å². The van der Waals surface area contributed by atoms with Crippen LogP contribution in [-0.4, -0.2) is 40.6 Å². The molecule has 0 bridgehead atoms. The molecule has 0 aromatic rings. The first-order valence-corrected chi connectivity index (χ1v) is 6.42. The van der Waals surface area contributed by atoms with Crippen LogP contribution in [0.15, 0.2) is 12.7 Å². The van der Waals surface area contributed by atoms with Crippen LogP contribution >= 0.6 is 0 Å². The highest BCUT2D eigenvalue weighted by molar-refractivity contribution is 5.83. The van der Waals surface area contributed by atoms with Crippen LogP contribution in [0.4, 0.5) is 4.79 Å². The number of carboxylic acid groups (broad SMARTS) is 1. The number of rotatable bonds is 7. The van der Waals surface area contributed by atoms with Gasteiger partial charge in [-0.15, -0.1) is 6.58 Å². The van der Waals surface area contributed by atoms with Crippen molar-refractivity contribution in [3.63, 3.8) is 0 Å². The molecular weight excluding hydrogens is 232 g/mol. The minimum atomic E-state index is -0.980. The van der Waals surface area contributed by atoms with Gasteiger partial charge in [-0.1, -0.05) is 26.3 Å². The molecule has 1 rings (SSSR count). The van der Waals surface area contributed by atoms with Crippen LogP contribution in [0.3, 0.4) is 0 Å². The van der Waals surface area contributed by atoms with Crippen molar-refractivity contribution in [2.45, 2.75) is 45.2 Å². The zero-order valence-corrected chi connectivity index (χ0v) is 11.1. The van der Waals surface area contributed by atoms with Crippen LogP contribution in [0.1, 0.15) is 33.1 Å². The van der Waals surface area contributed by atoms with E-state index >= 15 is 0 Å². The maximum Gasteiger partial charge on any atom is 0.326 e. The highest BCUT2D eigenvalue weighted by atomic mass is 16.4. The second-order valence-corrected chi connectivity index (χ2v) is 4.82. The summed E-state index contributed by atoms with van der Waals surface area (Å²) in [6.45, 7) is 7.82. The number of hydrogen-bond acceptors (Lipinski definition) is 2. The third-order valence-electron chi connectivity index (χ3n) is 3.33. The quantitative estimate of drug-likeness (QED) is 0.681. The molecular formula is C13H22N2O3. The molecule has 2 amide bonds. The van der Waals surface area contributed by atoms with Gasteiger partial charge >= 0.3 is 12.0 Å². The van der Waals surface area contributed by atoms with Crippen molar-refractivity contribution in [2.24, 2.45) is 5.92 Å². The number of hydrogen-bond donors (Lipinski definition) is 2. The van der Waals surface area contributed by atoms with Crippen LogP contribution in [0.5, 0.6) is 0 Å². The number of nitrogens with one attached hydrogen (secondary N) is 1. The van der Waals surface area contributed by atoms with E-state index in [2.05, 4.69) is 11.9 Å². The minimum absolute atomic E-state index is 0.0868. The largest absolute Gasteiger partial charge is 0.480 e. The Morgan fingerprint density at radius 3 is 2.56 bits per heavy atom. The van der Waals surface area contributed by atoms with Gasteiger partial charge in [0.15, 0.2) is 0 Å². The third kappa shape index (κ3) is 3.75. The van der Waals surface area contributed by atoms with Crippen molar-refractivity contribution < 1.29 is 14.7 Å². The summed E-state index contributed by atoms with van der Waals surface area (Å²) in [7, 11) is 0. The van der Waals surface area contributed by atoms with Crippen molar-refractivity contribution in [3.05, 3.63) is 12.7 Å². The molecule has 5 heteroatoms. The highest BCUT2D eigenvalue weighted by Crippen LogP contribution is 2.26. The molecule has 0 aromatic heterocycles. The molecule has 0 aliphatic heterocycles. The molecule has 0 heterocycles. The third-order valence-corrected chi connectivity index (χ3v) is 3.33. The SMILES string of the molecule is C=CCN(C(=O)N[C@H](C(=O)O)[C@@H](C)CC)C1CC1. The molecule has 1 aliphatic carbocycles. The highest BCUT2D eigenvalue weighted by Gasteiger charge is 2.34. The van der Waals surface area contributed by atoms with Crippen LogP contribution in [0, 0.1) is 5.92 Å². The molecule has 0 aromatic carbocycles. The number of urea groups is 1. The first-order valence-electron chi connectivity index (χ1n) is 6.42. The average Bonchev–Trinajstić information content (AvgIpc) is 3.15. The van der Waals surface area contributed by atoms with Crippen molar-refractivity contribution in [2.75, 3.05) is 6.54 Å². The van der Waals surface area contributed by atoms with Crippen LogP contribution in [0.2, 0.25) is 0 Å². The lowest BCUT2D eigenvalue weighted by Crippen LogP contribution is -2.51. The number of aliphatic carboxylic acids is 1. The zero-order valence-electron chi connectivity index (χ0n) is 11.1. The molecule has 18 heavy (non-hydrogen) atoms. The Labute approximate surface area is 108 Å². The van der Waals surface area contributed by atoms with Crippen molar-refractivity contribution >= 4 is 12.0 Å². The predicted octanol–water partition coefficient (Wildman–Crippen LogP) is 1.85. The number of amides is 2. The van der Waals surface area contributed by atoms with E-state index in [0.717, 1.165) is 12.8 Å². The van der Waals surface area contributed by atoms with Gasteiger partial charge in [-0.25, -0.2) is 9.59 Å². The summed E-state index contributed by atoms with van der Waals surface area (Å²) in [4.78, 5) is 24.9. The lowest BCUT2D eigenvalue weighted by atomic mass is 9.99. The Morgan fingerprint density at radius 2 is 2.17 bits per heavy atom. The van der Waals surface area contributed by atoms with E-state index in [0.29, 0.717) is 13.0 Å². The second kappa shape index (κ2) is 6.42. The van der Waals surface area contributed by atoms with Gasteiger partial charge < -0.3 is 15.3 Å². The monoisotopic (exact) mass is 254 g/mol. The van der Waals surface area contributed by atoms with Gasteiger partial charge in [0.1, 0.15) is 6.04 Å². The van der Waals surface area contributed by atoms with Gasteiger partial charge in [0.25, 0.3) is 0 Å². The van der Waals surface area contributed by atoms with Gasteiger partial charge in [0.05, 0.1) is 0 Å². The second-order valence-electron chi connectivity index (χ2n) is 4.82. The number of carbonyl (C=O) groups is 2. The average molecular weight is 254 g/mol. The van der Waals surface area contributed by atoms with E-state index < -0.39 is 12.0 Å². The molecule has 0 unspecified atom stereocenters. The van der Waals surface area contributed by atoms with Crippen molar-refractivity contribution in [3.8, 4) is 0 Å². The maximum absolute atomic E-state index is 12.1. The lowest BCUT2D eigenvalue weighted by molar-refractivity contribution is -0.140. The predicted molar refractivity (Wildman–Crippen MR) is 69.3 cm³/mol. The molecule has 5 nitrogen and oxygen atoms in total. The number of nitrogens with zero attached hydrogens (tertiary/aromatic N) is 1. The molecule has 0 saturated heterocycles. The summed E-state index contributed by atoms with van der Waals surface area (Å²) in [5.41, 5.74) is 0. The van der Waals surface area contributed by atoms with Crippen LogP contribution in [-0.2, 0) is 4.79 Å². The standard InChI is InChI=1S/C13H22N2O3/c1-4-8-15(10-6-7-10)13(18)14-11(12(16)17)9(3)5-2/h4,9-11H,1,5-8H2,2-3H3,(H,14,18)(H,16,17)/t9-,11-/m0/s1. The normalized spacial score (nSPS) is 17.7. The molecule has 0 radical (unpaired) electrons. The molecule has 0 spiro atoms. The summed E-state index contributed by atoms with van der Waals surface area (Å²) < 4.78 is 0. The van der Waals surface area contributed by atoms with Gasteiger partial charge in [0.2, 0.25) is 0 Å². The summed E-state index contributed by atoms with van der Waals surface area (Å²) in [5, 5.41) is 11.7. The molecule has 1 saturated carbocycles. The summed E-state index contributed by atoms with van der Waals surface area (Å²) >= 11 is 0.